The van der Waals surface area contributed by atoms with Crippen LogP contribution in [0.2, 0.25) is 0 Å². The third kappa shape index (κ3) is 2.65. The lowest BCUT2D eigenvalue weighted by molar-refractivity contribution is 0.101. The third-order valence-electron chi connectivity index (χ3n) is 3.24. The minimum Gasteiger partial charge on any atom is -0.369 e. The molecule has 3 heteroatoms. The van der Waals surface area contributed by atoms with Crippen molar-refractivity contribution in [1.29, 1.82) is 0 Å². The highest BCUT2D eigenvalue weighted by Crippen LogP contribution is 2.33. The second kappa shape index (κ2) is 4.86. The molecule has 2 nitrogen and oxygen atoms in total. The monoisotopic (exact) mass is 235 g/mol. The number of rotatable bonds is 5. The topological polar surface area (TPSA) is 20.3 Å². The number of anilines is 1. The molecule has 0 bridgehead atoms. The number of carbonyl (C=O) groups excluding carboxylic acids is 1. The third-order valence-corrected chi connectivity index (χ3v) is 3.24. The molecule has 1 aliphatic carbocycles. The van der Waals surface area contributed by atoms with E-state index in [-0.39, 0.29) is 11.6 Å². The molecular weight excluding hydrogens is 217 g/mol. The summed E-state index contributed by atoms with van der Waals surface area (Å²) in [6.45, 7) is 5.08. The van der Waals surface area contributed by atoms with E-state index in [2.05, 4.69) is 0 Å². The Morgan fingerprint density at radius 1 is 1.47 bits per heavy atom. The van der Waals surface area contributed by atoms with Gasteiger partial charge in [0.2, 0.25) is 0 Å². The van der Waals surface area contributed by atoms with Crippen LogP contribution in [0.25, 0.3) is 0 Å². The van der Waals surface area contributed by atoms with Crippen LogP contribution in [0.4, 0.5) is 10.1 Å². The smallest absolute Gasteiger partial charge is 0.161 e. The average Bonchev–Trinajstić information content (AvgIpc) is 3.10. The fourth-order valence-corrected chi connectivity index (χ4v) is 2.11. The normalized spacial score (nSPS) is 14.8. The number of ketones is 1. The van der Waals surface area contributed by atoms with Crippen LogP contribution in [-0.2, 0) is 0 Å². The van der Waals surface area contributed by atoms with Crippen molar-refractivity contribution in [3.63, 3.8) is 0 Å². The van der Waals surface area contributed by atoms with Gasteiger partial charge in [0.15, 0.2) is 5.78 Å². The first-order valence-corrected chi connectivity index (χ1v) is 6.18. The Hall–Kier alpha value is -1.38. The maximum absolute atomic E-state index is 13.9. The zero-order chi connectivity index (χ0) is 12.4. The highest BCUT2D eigenvalue weighted by molar-refractivity contribution is 5.99. The maximum Gasteiger partial charge on any atom is 0.161 e. The molecular formula is C14H18FNO. The first-order valence-electron chi connectivity index (χ1n) is 6.18. The second-order valence-corrected chi connectivity index (χ2v) is 4.67. The maximum atomic E-state index is 13.9. The molecule has 0 atom stereocenters. The fraction of sp³-hybridized carbons (Fsp3) is 0.500. The van der Waals surface area contributed by atoms with Crippen molar-refractivity contribution in [2.45, 2.75) is 26.7 Å². The molecule has 0 aliphatic heterocycles. The summed E-state index contributed by atoms with van der Waals surface area (Å²) in [4.78, 5) is 13.5. The Morgan fingerprint density at radius 3 is 2.71 bits per heavy atom. The zero-order valence-corrected chi connectivity index (χ0v) is 10.4. The Labute approximate surface area is 101 Å². The van der Waals surface area contributed by atoms with Crippen LogP contribution in [0.1, 0.15) is 37.0 Å². The Morgan fingerprint density at radius 2 is 2.18 bits per heavy atom. The van der Waals surface area contributed by atoms with Crippen molar-refractivity contribution in [3.05, 3.63) is 29.6 Å². The largest absolute Gasteiger partial charge is 0.369 e. The lowest BCUT2D eigenvalue weighted by Gasteiger charge is -2.25. The molecule has 0 radical (unpaired) electrons. The number of para-hydroxylation sites is 1. The van der Waals surface area contributed by atoms with Gasteiger partial charge in [-0.3, -0.25) is 4.79 Å². The summed E-state index contributed by atoms with van der Waals surface area (Å²) in [5, 5.41) is 0. The van der Waals surface area contributed by atoms with Crippen molar-refractivity contribution in [1.82, 2.24) is 0 Å². The van der Waals surface area contributed by atoms with E-state index in [0.717, 1.165) is 13.1 Å². The molecule has 0 spiro atoms. The summed E-state index contributed by atoms with van der Waals surface area (Å²) < 4.78 is 13.9. The van der Waals surface area contributed by atoms with E-state index in [0.29, 0.717) is 17.2 Å². The number of halogens is 1. The van der Waals surface area contributed by atoms with Crippen molar-refractivity contribution in [2.24, 2.45) is 5.92 Å². The number of nitrogens with zero attached hydrogens (tertiary/aromatic N) is 1. The quantitative estimate of drug-likeness (QED) is 0.730. The van der Waals surface area contributed by atoms with Gasteiger partial charge in [0.25, 0.3) is 0 Å². The lowest BCUT2D eigenvalue weighted by Crippen LogP contribution is -2.28. The zero-order valence-electron chi connectivity index (χ0n) is 10.4. The van der Waals surface area contributed by atoms with Gasteiger partial charge in [-0.15, -0.1) is 0 Å². The van der Waals surface area contributed by atoms with E-state index in [9.17, 15) is 9.18 Å². The minimum absolute atomic E-state index is 0.0752. The summed E-state index contributed by atoms with van der Waals surface area (Å²) in [6.07, 6.45) is 2.45. The molecule has 1 saturated carbocycles. The molecule has 0 unspecified atom stereocenters. The highest BCUT2D eigenvalue weighted by atomic mass is 19.1. The molecule has 0 N–H and O–H groups in total. The van der Waals surface area contributed by atoms with E-state index < -0.39 is 0 Å². The number of hydrogen-bond acceptors (Lipinski definition) is 2. The van der Waals surface area contributed by atoms with Gasteiger partial charge in [0.1, 0.15) is 5.82 Å². The summed E-state index contributed by atoms with van der Waals surface area (Å²) in [6, 6.07) is 4.73. The van der Waals surface area contributed by atoms with Gasteiger partial charge in [-0.2, -0.15) is 0 Å². The van der Waals surface area contributed by atoms with E-state index in [4.69, 9.17) is 0 Å². The lowest BCUT2D eigenvalue weighted by atomic mass is 10.1. The van der Waals surface area contributed by atoms with Crippen molar-refractivity contribution < 1.29 is 9.18 Å². The fourth-order valence-electron chi connectivity index (χ4n) is 2.11. The van der Waals surface area contributed by atoms with Gasteiger partial charge >= 0.3 is 0 Å². The van der Waals surface area contributed by atoms with Crippen LogP contribution in [0.15, 0.2) is 18.2 Å². The van der Waals surface area contributed by atoms with Crippen LogP contribution in [0.3, 0.4) is 0 Å². The SMILES string of the molecule is CCN(CC1CC1)c1c(F)cccc1C(C)=O. The van der Waals surface area contributed by atoms with Crippen molar-refractivity contribution >= 4 is 11.5 Å². The average molecular weight is 235 g/mol. The summed E-state index contributed by atoms with van der Waals surface area (Å²) >= 11 is 0. The van der Waals surface area contributed by atoms with Gasteiger partial charge in [-0.25, -0.2) is 4.39 Å². The molecule has 0 aromatic heterocycles. The van der Waals surface area contributed by atoms with E-state index in [1.807, 2.05) is 11.8 Å². The molecule has 1 aromatic rings. The van der Waals surface area contributed by atoms with Gasteiger partial charge < -0.3 is 4.90 Å². The molecule has 1 aromatic carbocycles. The first kappa shape index (κ1) is 12.1. The molecule has 92 valence electrons. The number of Topliss-reactive ketones (excluding diaryl/α,β-unsaturated/α-hetero) is 1. The van der Waals surface area contributed by atoms with Crippen molar-refractivity contribution in [2.75, 3.05) is 18.0 Å². The van der Waals surface area contributed by atoms with Crippen molar-refractivity contribution in [3.8, 4) is 0 Å². The van der Waals surface area contributed by atoms with Crippen LogP contribution < -0.4 is 4.90 Å². The number of benzene rings is 1. The molecule has 1 fully saturated rings. The van der Waals surface area contributed by atoms with E-state index >= 15 is 0 Å². The van der Waals surface area contributed by atoms with Crippen LogP contribution in [-0.4, -0.2) is 18.9 Å². The Bertz CT molecular complexity index is 426. The van der Waals surface area contributed by atoms with Gasteiger partial charge in [0, 0.05) is 18.7 Å². The summed E-state index contributed by atoms with van der Waals surface area (Å²) in [5.74, 6) is 0.309. The molecule has 1 aliphatic rings. The standard InChI is InChI=1S/C14H18FNO/c1-3-16(9-11-7-8-11)14-12(10(2)17)5-4-6-13(14)15/h4-6,11H,3,7-9H2,1-2H3. The second-order valence-electron chi connectivity index (χ2n) is 4.67. The molecule has 2 rings (SSSR count). The molecule has 0 heterocycles. The summed E-state index contributed by atoms with van der Waals surface area (Å²) in [5.41, 5.74) is 0.974. The predicted molar refractivity (Wildman–Crippen MR) is 67.0 cm³/mol. The predicted octanol–water partition coefficient (Wildman–Crippen LogP) is 3.26. The number of carbonyl (C=O) groups is 1. The van der Waals surface area contributed by atoms with E-state index in [1.165, 1.54) is 25.8 Å². The first-order chi connectivity index (χ1) is 8.13. The van der Waals surface area contributed by atoms with Gasteiger partial charge in [-0.05, 0) is 44.7 Å². The van der Waals surface area contributed by atoms with Crippen LogP contribution >= 0.6 is 0 Å². The Kier molecular flexibility index (Phi) is 3.46. The van der Waals surface area contributed by atoms with Crippen LogP contribution in [0.5, 0.6) is 0 Å². The summed E-state index contributed by atoms with van der Waals surface area (Å²) in [7, 11) is 0. The van der Waals surface area contributed by atoms with E-state index in [1.54, 1.807) is 12.1 Å². The van der Waals surface area contributed by atoms with Crippen LogP contribution in [0, 0.1) is 11.7 Å². The van der Waals surface area contributed by atoms with Gasteiger partial charge in [-0.1, -0.05) is 6.07 Å². The molecule has 0 saturated heterocycles. The minimum atomic E-state index is -0.291. The Balaban J connectivity index is 2.35. The molecule has 0 amide bonds. The molecule has 17 heavy (non-hydrogen) atoms. The van der Waals surface area contributed by atoms with Gasteiger partial charge in [0.05, 0.1) is 5.69 Å². The highest BCUT2D eigenvalue weighted by Gasteiger charge is 2.26. The number of hydrogen-bond donors (Lipinski definition) is 0.